The van der Waals surface area contributed by atoms with Gasteiger partial charge in [-0.3, -0.25) is 0 Å². The molecule has 2 aromatic carbocycles. The van der Waals surface area contributed by atoms with Crippen LogP contribution in [-0.4, -0.2) is 23.1 Å². The normalized spacial score (nSPS) is 21.2. The summed E-state index contributed by atoms with van der Waals surface area (Å²) >= 11 is 0. The second-order valence-corrected chi connectivity index (χ2v) is 7.29. The number of hydrogen-bond acceptors (Lipinski definition) is 1. The fourth-order valence-electron chi connectivity index (χ4n) is 3.97. The van der Waals surface area contributed by atoms with E-state index >= 15 is 0 Å². The van der Waals surface area contributed by atoms with Crippen molar-refractivity contribution >= 4 is 11.0 Å². The number of nitrogens with zero attached hydrogens (tertiary/aromatic N) is 1. The lowest BCUT2D eigenvalue weighted by atomic mass is 9.96. The Morgan fingerprint density at radius 2 is 2.04 bits per heavy atom. The van der Waals surface area contributed by atoms with Gasteiger partial charge in [-0.25, -0.2) is 4.98 Å². The molecule has 2 atom stereocenters. The Kier molecular flexibility index (Phi) is 4.11. The average molecular weight is 320 g/mol. The molecule has 3 aromatic rings. The molecule has 0 bridgehead atoms. The Balaban J connectivity index is 1.52. The van der Waals surface area contributed by atoms with Gasteiger partial charge in [-0.05, 0) is 44.4 Å². The molecule has 0 aliphatic carbocycles. The molecular formula is C21H26N3+. The molecule has 3 heteroatoms. The van der Waals surface area contributed by atoms with Crippen molar-refractivity contribution in [3.05, 3.63) is 65.0 Å². The van der Waals surface area contributed by atoms with Crippen LogP contribution in [0.4, 0.5) is 0 Å². The van der Waals surface area contributed by atoms with Crippen LogP contribution in [0.15, 0.2) is 42.5 Å². The number of H-pyrrole nitrogens is 1. The third kappa shape index (κ3) is 3.09. The number of piperidine rings is 1. The Bertz CT molecular complexity index is 816. The van der Waals surface area contributed by atoms with Crippen molar-refractivity contribution in [3.63, 3.8) is 0 Å². The molecule has 1 unspecified atom stereocenters. The van der Waals surface area contributed by atoms with E-state index in [0.29, 0.717) is 5.92 Å². The van der Waals surface area contributed by atoms with E-state index in [9.17, 15) is 0 Å². The first-order valence-corrected chi connectivity index (χ1v) is 9.03. The molecule has 0 saturated carbocycles. The number of likely N-dealkylation sites (tertiary alicyclic amines) is 1. The highest BCUT2D eigenvalue weighted by molar-refractivity contribution is 5.74. The lowest BCUT2D eigenvalue weighted by Gasteiger charge is -2.29. The molecule has 0 radical (unpaired) electrons. The molecule has 1 aromatic heterocycles. The zero-order valence-corrected chi connectivity index (χ0v) is 14.6. The number of fused-ring (bicyclic) bond motifs is 1. The minimum Gasteiger partial charge on any atom is -0.342 e. The summed E-state index contributed by atoms with van der Waals surface area (Å²) in [6.07, 6.45) is 2.53. The second-order valence-electron chi connectivity index (χ2n) is 7.29. The van der Waals surface area contributed by atoms with E-state index in [2.05, 4.69) is 61.3 Å². The molecule has 124 valence electrons. The maximum atomic E-state index is 4.84. The SMILES string of the molecule is Cc1ccc(C)c(C[NH+]2CCC[C@@H](c3nc4ccccc4[nH]3)C2)c1. The monoisotopic (exact) mass is 320 g/mol. The first kappa shape index (κ1) is 15.4. The smallest absolute Gasteiger partial charge is 0.116 e. The number of benzene rings is 2. The molecule has 0 spiro atoms. The molecule has 2 heterocycles. The third-order valence-corrected chi connectivity index (χ3v) is 5.36. The van der Waals surface area contributed by atoms with Gasteiger partial charge in [0.2, 0.25) is 0 Å². The van der Waals surface area contributed by atoms with Crippen molar-refractivity contribution in [2.24, 2.45) is 0 Å². The largest absolute Gasteiger partial charge is 0.342 e. The maximum absolute atomic E-state index is 4.84. The highest BCUT2D eigenvalue weighted by atomic mass is 15.1. The molecule has 4 rings (SSSR count). The standard InChI is InChI=1S/C21H25N3/c1-15-9-10-16(2)18(12-15)14-24-11-5-6-17(13-24)21-22-19-7-3-4-8-20(19)23-21/h3-4,7-10,12,17H,5-6,11,13-14H2,1-2H3,(H,22,23)/p+1/t17-/m1/s1. The average Bonchev–Trinajstić information content (AvgIpc) is 3.03. The highest BCUT2D eigenvalue weighted by Gasteiger charge is 2.27. The number of para-hydroxylation sites is 2. The first-order chi connectivity index (χ1) is 11.7. The fraction of sp³-hybridized carbons (Fsp3) is 0.381. The van der Waals surface area contributed by atoms with Gasteiger partial charge >= 0.3 is 0 Å². The van der Waals surface area contributed by atoms with Crippen LogP contribution >= 0.6 is 0 Å². The molecule has 0 amide bonds. The molecular weight excluding hydrogens is 294 g/mol. The predicted octanol–water partition coefficient (Wildman–Crippen LogP) is 3.14. The van der Waals surface area contributed by atoms with Gasteiger partial charge in [0.15, 0.2) is 0 Å². The molecule has 1 fully saturated rings. The summed E-state index contributed by atoms with van der Waals surface area (Å²) in [5.41, 5.74) is 6.53. The van der Waals surface area contributed by atoms with Gasteiger partial charge in [-0.2, -0.15) is 0 Å². The predicted molar refractivity (Wildman–Crippen MR) is 98.4 cm³/mol. The van der Waals surface area contributed by atoms with Gasteiger partial charge in [-0.15, -0.1) is 0 Å². The van der Waals surface area contributed by atoms with Crippen LogP contribution in [0, 0.1) is 13.8 Å². The Morgan fingerprint density at radius 1 is 1.17 bits per heavy atom. The van der Waals surface area contributed by atoms with Gasteiger partial charge in [0, 0.05) is 5.56 Å². The number of nitrogens with one attached hydrogen (secondary N) is 2. The van der Waals surface area contributed by atoms with Gasteiger partial charge < -0.3 is 9.88 Å². The van der Waals surface area contributed by atoms with E-state index in [1.54, 1.807) is 4.90 Å². The fourth-order valence-corrected chi connectivity index (χ4v) is 3.97. The summed E-state index contributed by atoms with van der Waals surface area (Å²) < 4.78 is 0. The number of quaternary nitrogens is 1. The van der Waals surface area contributed by atoms with Crippen LogP contribution < -0.4 is 4.90 Å². The van der Waals surface area contributed by atoms with Gasteiger partial charge in [0.1, 0.15) is 12.4 Å². The van der Waals surface area contributed by atoms with Crippen molar-refractivity contribution in [1.29, 1.82) is 0 Å². The molecule has 24 heavy (non-hydrogen) atoms. The van der Waals surface area contributed by atoms with Crippen molar-refractivity contribution in [2.45, 2.75) is 39.2 Å². The number of imidazole rings is 1. The van der Waals surface area contributed by atoms with Crippen molar-refractivity contribution < 1.29 is 4.90 Å². The van der Waals surface area contributed by atoms with Crippen LogP contribution in [0.25, 0.3) is 11.0 Å². The number of hydrogen-bond donors (Lipinski definition) is 2. The lowest BCUT2D eigenvalue weighted by Crippen LogP contribution is -3.12. The second kappa shape index (κ2) is 6.40. The number of aryl methyl sites for hydroxylation is 2. The summed E-state index contributed by atoms with van der Waals surface area (Å²) in [7, 11) is 0. The van der Waals surface area contributed by atoms with Crippen LogP contribution in [0.5, 0.6) is 0 Å². The van der Waals surface area contributed by atoms with Crippen molar-refractivity contribution in [3.8, 4) is 0 Å². The van der Waals surface area contributed by atoms with Crippen LogP contribution in [-0.2, 0) is 6.54 Å². The number of rotatable bonds is 3. The van der Waals surface area contributed by atoms with E-state index in [0.717, 1.165) is 17.6 Å². The van der Waals surface area contributed by atoms with E-state index in [1.165, 1.54) is 48.4 Å². The van der Waals surface area contributed by atoms with Crippen molar-refractivity contribution in [2.75, 3.05) is 13.1 Å². The van der Waals surface area contributed by atoms with E-state index < -0.39 is 0 Å². The topological polar surface area (TPSA) is 33.1 Å². The molecule has 1 saturated heterocycles. The Labute approximate surface area is 143 Å². The maximum Gasteiger partial charge on any atom is 0.116 e. The van der Waals surface area contributed by atoms with Gasteiger partial charge in [-0.1, -0.05) is 35.9 Å². The minimum atomic E-state index is 0.547. The number of aromatic amines is 1. The van der Waals surface area contributed by atoms with E-state index in [4.69, 9.17) is 4.98 Å². The zero-order chi connectivity index (χ0) is 16.5. The summed E-state index contributed by atoms with van der Waals surface area (Å²) in [6.45, 7) is 7.99. The minimum absolute atomic E-state index is 0.547. The third-order valence-electron chi connectivity index (χ3n) is 5.36. The van der Waals surface area contributed by atoms with Crippen molar-refractivity contribution in [1.82, 2.24) is 9.97 Å². The van der Waals surface area contributed by atoms with Gasteiger partial charge in [0.25, 0.3) is 0 Å². The quantitative estimate of drug-likeness (QED) is 0.764. The summed E-state index contributed by atoms with van der Waals surface area (Å²) in [5.74, 6) is 1.72. The highest BCUT2D eigenvalue weighted by Crippen LogP contribution is 2.22. The zero-order valence-electron chi connectivity index (χ0n) is 14.6. The molecule has 1 aliphatic rings. The molecule has 3 nitrogen and oxygen atoms in total. The Morgan fingerprint density at radius 3 is 2.92 bits per heavy atom. The molecule has 2 N–H and O–H groups in total. The van der Waals surface area contributed by atoms with Crippen LogP contribution in [0.1, 0.15) is 41.3 Å². The summed E-state index contributed by atoms with van der Waals surface area (Å²) in [4.78, 5) is 10.1. The summed E-state index contributed by atoms with van der Waals surface area (Å²) in [6, 6.07) is 15.2. The van der Waals surface area contributed by atoms with Crippen LogP contribution in [0.2, 0.25) is 0 Å². The summed E-state index contributed by atoms with van der Waals surface area (Å²) in [5, 5.41) is 0. The van der Waals surface area contributed by atoms with Gasteiger partial charge in [0.05, 0.1) is 30.0 Å². The Hall–Kier alpha value is -2.13. The van der Waals surface area contributed by atoms with Crippen LogP contribution in [0.3, 0.4) is 0 Å². The van der Waals surface area contributed by atoms with E-state index in [1.807, 2.05) is 0 Å². The number of aromatic nitrogens is 2. The lowest BCUT2D eigenvalue weighted by molar-refractivity contribution is -0.920. The van der Waals surface area contributed by atoms with E-state index in [-0.39, 0.29) is 0 Å². The molecule has 1 aliphatic heterocycles. The first-order valence-electron chi connectivity index (χ1n) is 9.03.